The number of nitrogens with zero attached hydrogens (tertiary/aromatic N) is 4. The zero-order chi connectivity index (χ0) is 23.5. The van der Waals surface area contributed by atoms with E-state index < -0.39 is 10.0 Å². The summed E-state index contributed by atoms with van der Waals surface area (Å²) in [5.74, 6) is 1.22. The topological polar surface area (TPSA) is 88.1 Å². The highest BCUT2D eigenvalue weighted by Crippen LogP contribution is 2.32. The highest BCUT2D eigenvalue weighted by atomic mass is 32.2. The molecule has 0 atom stereocenters. The number of piperidine rings is 1. The number of pyridine rings is 1. The number of sulfonamides is 1. The van der Waals surface area contributed by atoms with Crippen molar-refractivity contribution in [1.82, 2.24) is 19.7 Å². The molecule has 0 aliphatic carbocycles. The molecule has 0 bridgehead atoms. The van der Waals surface area contributed by atoms with Crippen molar-refractivity contribution in [1.29, 1.82) is 0 Å². The monoisotopic (exact) mass is 473 g/mol. The van der Waals surface area contributed by atoms with Crippen molar-refractivity contribution in [3.8, 4) is 11.1 Å². The number of rotatable bonds is 6. The summed E-state index contributed by atoms with van der Waals surface area (Å²) >= 11 is 0. The fourth-order valence-electron chi connectivity index (χ4n) is 4.54. The summed E-state index contributed by atoms with van der Waals surface area (Å²) in [6, 6.07) is 16.8. The number of hydrogen-bond acceptors (Lipinski definition) is 6. The van der Waals surface area contributed by atoms with Gasteiger partial charge in [-0.2, -0.15) is 0 Å². The Bertz CT molecular complexity index is 1390. The van der Waals surface area contributed by atoms with Crippen LogP contribution in [0.15, 0.2) is 78.2 Å². The Balaban J connectivity index is 1.31. The van der Waals surface area contributed by atoms with Crippen LogP contribution in [0.5, 0.6) is 0 Å². The van der Waals surface area contributed by atoms with E-state index in [9.17, 15) is 8.42 Å². The molecule has 3 heterocycles. The van der Waals surface area contributed by atoms with E-state index in [2.05, 4.69) is 49.7 Å². The van der Waals surface area contributed by atoms with Gasteiger partial charge in [0, 0.05) is 43.0 Å². The molecule has 1 aliphatic rings. The summed E-state index contributed by atoms with van der Waals surface area (Å²) in [6.45, 7) is 4.16. The summed E-state index contributed by atoms with van der Waals surface area (Å²) in [5.41, 5.74) is 4.21. The minimum absolute atomic E-state index is 0.288. The molecule has 0 unspecified atom stereocenters. The number of hydrogen-bond donors (Lipinski definition) is 1. The first kappa shape index (κ1) is 22.4. The molecule has 5 rings (SSSR count). The second kappa shape index (κ2) is 9.48. The van der Waals surface area contributed by atoms with E-state index in [4.69, 9.17) is 0 Å². The van der Waals surface area contributed by atoms with Crippen molar-refractivity contribution in [3.63, 3.8) is 0 Å². The highest BCUT2D eigenvalue weighted by molar-refractivity contribution is 7.89. The lowest BCUT2D eigenvalue weighted by molar-refractivity contribution is 0.401. The van der Waals surface area contributed by atoms with Gasteiger partial charge in [0.15, 0.2) is 0 Å². The third-order valence-corrected chi connectivity index (χ3v) is 7.87. The molecule has 34 heavy (non-hydrogen) atoms. The van der Waals surface area contributed by atoms with Gasteiger partial charge in [-0.25, -0.2) is 23.1 Å². The van der Waals surface area contributed by atoms with Gasteiger partial charge in [0.05, 0.1) is 10.4 Å². The van der Waals surface area contributed by atoms with Gasteiger partial charge in [0.1, 0.15) is 12.1 Å². The molecule has 4 aromatic rings. The first-order chi connectivity index (χ1) is 16.5. The van der Waals surface area contributed by atoms with E-state index in [1.165, 1.54) is 0 Å². The van der Waals surface area contributed by atoms with Crippen LogP contribution in [0.1, 0.15) is 18.4 Å². The first-order valence-corrected chi connectivity index (χ1v) is 12.9. The predicted molar refractivity (Wildman–Crippen MR) is 134 cm³/mol. The Morgan fingerprint density at radius 1 is 1.00 bits per heavy atom. The van der Waals surface area contributed by atoms with Crippen LogP contribution in [0.25, 0.3) is 22.0 Å². The lowest BCUT2D eigenvalue weighted by atomic mass is 9.96. The maximum absolute atomic E-state index is 12.5. The van der Waals surface area contributed by atoms with E-state index in [-0.39, 0.29) is 5.92 Å². The van der Waals surface area contributed by atoms with Gasteiger partial charge < -0.3 is 4.90 Å². The normalized spacial score (nSPS) is 15.0. The predicted octanol–water partition coefficient (Wildman–Crippen LogP) is 4.20. The molecule has 1 N–H and O–H groups in total. The molecule has 0 amide bonds. The summed E-state index contributed by atoms with van der Waals surface area (Å²) in [7, 11) is -3.48. The molecular formula is C26H27N5O2S. The Labute approximate surface area is 200 Å². The maximum atomic E-state index is 12.5. The maximum Gasteiger partial charge on any atom is 0.240 e. The van der Waals surface area contributed by atoms with Crippen molar-refractivity contribution in [2.24, 2.45) is 5.92 Å². The summed E-state index contributed by atoms with van der Waals surface area (Å²) in [6.07, 6.45) is 7.06. The fraction of sp³-hybridized carbons (Fsp3) is 0.269. The molecular weight excluding hydrogens is 446 g/mol. The van der Waals surface area contributed by atoms with Gasteiger partial charge in [-0.1, -0.05) is 24.3 Å². The molecule has 2 aromatic carbocycles. The van der Waals surface area contributed by atoms with Crippen LogP contribution in [0.3, 0.4) is 0 Å². The average Bonchev–Trinajstić information content (AvgIpc) is 2.88. The van der Waals surface area contributed by atoms with E-state index in [0.717, 1.165) is 59.3 Å². The van der Waals surface area contributed by atoms with Gasteiger partial charge in [-0.15, -0.1) is 0 Å². The van der Waals surface area contributed by atoms with Crippen LogP contribution in [0, 0.1) is 12.8 Å². The Kier molecular flexibility index (Phi) is 6.26. The van der Waals surface area contributed by atoms with Gasteiger partial charge in [0.2, 0.25) is 10.0 Å². The van der Waals surface area contributed by atoms with E-state index in [0.29, 0.717) is 11.4 Å². The number of anilines is 1. The molecule has 1 aliphatic heterocycles. The number of aromatic nitrogens is 3. The summed E-state index contributed by atoms with van der Waals surface area (Å²) in [5, 5.41) is 1.03. The minimum Gasteiger partial charge on any atom is -0.356 e. The molecule has 1 saturated heterocycles. The quantitative estimate of drug-likeness (QED) is 0.452. The zero-order valence-electron chi connectivity index (χ0n) is 19.1. The molecule has 0 saturated carbocycles. The zero-order valence-corrected chi connectivity index (χ0v) is 19.9. The van der Waals surface area contributed by atoms with E-state index in [1.807, 2.05) is 18.3 Å². The van der Waals surface area contributed by atoms with Crippen LogP contribution in [-0.4, -0.2) is 43.0 Å². The van der Waals surface area contributed by atoms with Crippen molar-refractivity contribution < 1.29 is 8.42 Å². The van der Waals surface area contributed by atoms with Crippen molar-refractivity contribution in [2.45, 2.75) is 24.7 Å². The van der Waals surface area contributed by atoms with E-state index in [1.54, 1.807) is 36.8 Å². The number of benzene rings is 2. The Morgan fingerprint density at radius 3 is 2.53 bits per heavy atom. The Hall–Kier alpha value is -3.36. The molecule has 174 valence electrons. The molecule has 0 spiro atoms. The highest BCUT2D eigenvalue weighted by Gasteiger charge is 2.24. The SMILES string of the molecule is Cc1cc(-c2cccnc2)cc2c(N3CCC(CNS(=O)(=O)c4ccccc4)CC3)ncnc12. The van der Waals surface area contributed by atoms with Crippen molar-refractivity contribution in [2.75, 3.05) is 24.5 Å². The third kappa shape index (κ3) is 4.64. The van der Waals surface area contributed by atoms with Crippen molar-refractivity contribution in [3.05, 3.63) is 78.9 Å². The molecule has 2 aromatic heterocycles. The minimum atomic E-state index is -3.48. The smallest absolute Gasteiger partial charge is 0.240 e. The molecule has 0 radical (unpaired) electrons. The molecule has 8 heteroatoms. The largest absolute Gasteiger partial charge is 0.356 e. The number of aryl methyl sites for hydroxylation is 1. The summed E-state index contributed by atoms with van der Waals surface area (Å²) in [4.78, 5) is 16.0. The second-order valence-corrected chi connectivity index (χ2v) is 10.5. The van der Waals surface area contributed by atoms with Crippen LogP contribution >= 0.6 is 0 Å². The summed E-state index contributed by atoms with van der Waals surface area (Å²) < 4.78 is 27.9. The number of nitrogens with one attached hydrogen (secondary N) is 1. The van der Waals surface area contributed by atoms with Crippen LogP contribution in [0.4, 0.5) is 5.82 Å². The first-order valence-electron chi connectivity index (χ1n) is 11.5. The molecule has 1 fully saturated rings. The van der Waals surface area contributed by atoms with Crippen molar-refractivity contribution >= 4 is 26.7 Å². The third-order valence-electron chi connectivity index (χ3n) is 6.43. The van der Waals surface area contributed by atoms with Gasteiger partial charge >= 0.3 is 0 Å². The Morgan fingerprint density at radius 2 is 1.79 bits per heavy atom. The molecule has 7 nitrogen and oxygen atoms in total. The van der Waals surface area contributed by atoms with Crippen LogP contribution in [-0.2, 0) is 10.0 Å². The van der Waals surface area contributed by atoms with Crippen LogP contribution < -0.4 is 9.62 Å². The average molecular weight is 474 g/mol. The van der Waals surface area contributed by atoms with Gasteiger partial charge in [-0.3, -0.25) is 4.98 Å². The second-order valence-electron chi connectivity index (χ2n) is 8.72. The lowest BCUT2D eigenvalue weighted by Crippen LogP contribution is -2.39. The van der Waals surface area contributed by atoms with E-state index >= 15 is 0 Å². The number of fused-ring (bicyclic) bond motifs is 1. The van der Waals surface area contributed by atoms with Gasteiger partial charge in [0.25, 0.3) is 0 Å². The lowest BCUT2D eigenvalue weighted by Gasteiger charge is -2.33. The fourth-order valence-corrected chi connectivity index (χ4v) is 5.68. The van der Waals surface area contributed by atoms with Crippen LogP contribution in [0.2, 0.25) is 0 Å². The standard InChI is InChI=1S/C26H27N5O2S/c1-19-14-22(21-6-5-11-27-17-21)15-24-25(19)28-18-29-26(24)31-12-9-20(10-13-31)16-30-34(32,33)23-7-3-2-4-8-23/h2-8,11,14-15,17-18,20,30H,9-10,12-13,16H2,1H3. The van der Waals surface area contributed by atoms with Gasteiger partial charge in [-0.05, 0) is 67.1 Å².